The number of hydrogen-bond acceptors (Lipinski definition) is 4. The molecule has 0 aliphatic rings. The van der Waals surface area contributed by atoms with E-state index in [2.05, 4.69) is 15.5 Å². The maximum Gasteiger partial charge on any atom is 0.226 e. The molecule has 2 rings (SSSR count). The molecule has 0 saturated heterocycles. The number of halogens is 1. The van der Waals surface area contributed by atoms with Gasteiger partial charge in [-0.2, -0.15) is 0 Å². The predicted octanol–water partition coefficient (Wildman–Crippen LogP) is 3.89. The van der Waals surface area contributed by atoms with Gasteiger partial charge in [-0.1, -0.05) is 55.0 Å². The van der Waals surface area contributed by atoms with Crippen LogP contribution in [0.2, 0.25) is 5.02 Å². The van der Waals surface area contributed by atoms with Gasteiger partial charge in [0.25, 0.3) is 0 Å². The van der Waals surface area contributed by atoms with Crippen molar-refractivity contribution in [3.05, 3.63) is 39.9 Å². The van der Waals surface area contributed by atoms with Crippen LogP contribution in [0.4, 0.5) is 5.13 Å². The first kappa shape index (κ1) is 14.9. The lowest BCUT2D eigenvalue weighted by molar-refractivity contribution is -0.116. The van der Waals surface area contributed by atoms with Crippen LogP contribution in [0.15, 0.2) is 24.3 Å². The fourth-order valence-electron chi connectivity index (χ4n) is 1.65. The summed E-state index contributed by atoms with van der Waals surface area (Å²) in [4.78, 5) is 11.9. The summed E-state index contributed by atoms with van der Waals surface area (Å²) >= 11 is 7.47. The third-order valence-corrected chi connectivity index (χ3v) is 4.27. The molecule has 0 spiro atoms. The summed E-state index contributed by atoms with van der Waals surface area (Å²) in [6, 6.07) is 7.55. The Morgan fingerprint density at radius 2 is 2.10 bits per heavy atom. The van der Waals surface area contributed by atoms with E-state index in [0.717, 1.165) is 10.6 Å². The van der Waals surface area contributed by atoms with E-state index in [1.807, 2.05) is 38.1 Å². The van der Waals surface area contributed by atoms with Gasteiger partial charge in [-0.05, 0) is 18.1 Å². The van der Waals surface area contributed by atoms with E-state index >= 15 is 0 Å². The minimum absolute atomic E-state index is 0.0728. The lowest BCUT2D eigenvalue weighted by atomic mass is 10.1. The van der Waals surface area contributed by atoms with Crippen LogP contribution in [0.1, 0.15) is 36.8 Å². The third kappa shape index (κ3) is 4.02. The first-order valence-corrected chi connectivity index (χ1v) is 7.62. The fourth-order valence-corrected chi connectivity index (χ4v) is 2.64. The first-order chi connectivity index (χ1) is 9.56. The Kier molecular flexibility index (Phi) is 5.09. The van der Waals surface area contributed by atoms with Crippen LogP contribution in [0.5, 0.6) is 0 Å². The zero-order valence-electron chi connectivity index (χ0n) is 11.4. The number of rotatable bonds is 5. The molecule has 6 heteroatoms. The highest BCUT2D eigenvalue weighted by Crippen LogP contribution is 2.22. The van der Waals surface area contributed by atoms with E-state index < -0.39 is 0 Å². The molecule has 1 heterocycles. The average molecular weight is 310 g/mol. The molecule has 106 valence electrons. The van der Waals surface area contributed by atoms with Crippen LogP contribution in [0.25, 0.3) is 0 Å². The predicted molar refractivity (Wildman–Crippen MR) is 82.4 cm³/mol. The number of carbonyl (C=O) groups is 1. The lowest BCUT2D eigenvalue weighted by Gasteiger charge is -2.03. The fraction of sp³-hybridized carbons (Fsp3) is 0.357. The number of nitrogens with zero attached hydrogens (tertiary/aromatic N) is 2. The second-order valence-corrected chi connectivity index (χ2v) is 6.16. The highest BCUT2D eigenvalue weighted by Gasteiger charge is 2.11. The van der Waals surface area contributed by atoms with Crippen molar-refractivity contribution in [2.45, 2.75) is 32.6 Å². The summed E-state index contributed by atoms with van der Waals surface area (Å²) in [7, 11) is 0. The lowest BCUT2D eigenvalue weighted by Crippen LogP contribution is -2.12. The molecule has 2 aromatic rings. The summed E-state index contributed by atoms with van der Waals surface area (Å²) in [6.45, 7) is 4.09. The minimum Gasteiger partial charge on any atom is -0.301 e. The van der Waals surface area contributed by atoms with Gasteiger partial charge in [0.05, 0.1) is 0 Å². The number of nitrogens with one attached hydrogen (secondary N) is 1. The molecule has 1 amide bonds. The molecule has 1 aromatic carbocycles. The number of anilines is 1. The van der Waals surface area contributed by atoms with Crippen molar-refractivity contribution in [2.75, 3.05) is 5.32 Å². The maximum atomic E-state index is 11.9. The van der Waals surface area contributed by atoms with Crippen molar-refractivity contribution in [3.63, 3.8) is 0 Å². The van der Waals surface area contributed by atoms with E-state index in [1.165, 1.54) is 11.3 Å². The Hall–Kier alpha value is -1.46. The van der Waals surface area contributed by atoms with E-state index in [4.69, 9.17) is 11.6 Å². The molecule has 0 atom stereocenters. The minimum atomic E-state index is -0.0728. The smallest absolute Gasteiger partial charge is 0.226 e. The van der Waals surface area contributed by atoms with Crippen LogP contribution in [0, 0.1) is 0 Å². The molecule has 1 N–H and O–H groups in total. The number of aromatic nitrogens is 2. The quantitative estimate of drug-likeness (QED) is 0.911. The van der Waals surface area contributed by atoms with Gasteiger partial charge in [0.15, 0.2) is 0 Å². The third-order valence-electron chi connectivity index (χ3n) is 2.76. The number of amides is 1. The summed E-state index contributed by atoms with van der Waals surface area (Å²) in [5.74, 6) is 0.248. The Labute approximate surface area is 127 Å². The van der Waals surface area contributed by atoms with Crippen LogP contribution in [-0.2, 0) is 11.2 Å². The van der Waals surface area contributed by atoms with Gasteiger partial charge >= 0.3 is 0 Å². The standard InChI is InChI=1S/C14H16ClN3OS/c1-9(2)13-17-18-14(20-13)16-12(19)8-7-10-5-3-4-6-11(10)15/h3-6,9H,7-8H2,1-2H3,(H,16,18,19). The summed E-state index contributed by atoms with van der Waals surface area (Å²) in [5.41, 5.74) is 0.976. The van der Waals surface area contributed by atoms with Crippen molar-refractivity contribution in [2.24, 2.45) is 0 Å². The topological polar surface area (TPSA) is 54.9 Å². The van der Waals surface area contributed by atoms with Crippen molar-refractivity contribution in [3.8, 4) is 0 Å². The first-order valence-electron chi connectivity index (χ1n) is 6.43. The van der Waals surface area contributed by atoms with Crippen molar-refractivity contribution in [1.29, 1.82) is 0 Å². The van der Waals surface area contributed by atoms with Crippen LogP contribution >= 0.6 is 22.9 Å². The number of aryl methyl sites for hydroxylation is 1. The zero-order valence-corrected chi connectivity index (χ0v) is 13.0. The number of benzene rings is 1. The molecule has 20 heavy (non-hydrogen) atoms. The molecule has 0 bridgehead atoms. The highest BCUT2D eigenvalue weighted by molar-refractivity contribution is 7.15. The van der Waals surface area contributed by atoms with Gasteiger partial charge in [0.1, 0.15) is 5.01 Å². The highest BCUT2D eigenvalue weighted by atomic mass is 35.5. The van der Waals surface area contributed by atoms with Gasteiger partial charge in [-0.3, -0.25) is 4.79 Å². The van der Waals surface area contributed by atoms with Crippen LogP contribution in [0.3, 0.4) is 0 Å². The molecule has 0 aliphatic heterocycles. The van der Waals surface area contributed by atoms with Crippen molar-refractivity contribution in [1.82, 2.24) is 10.2 Å². The van der Waals surface area contributed by atoms with E-state index in [0.29, 0.717) is 28.9 Å². The Morgan fingerprint density at radius 3 is 2.75 bits per heavy atom. The summed E-state index contributed by atoms with van der Waals surface area (Å²) < 4.78 is 0. The van der Waals surface area contributed by atoms with Crippen molar-refractivity contribution < 1.29 is 4.79 Å². The van der Waals surface area contributed by atoms with Gasteiger partial charge in [0.2, 0.25) is 11.0 Å². The van der Waals surface area contributed by atoms with Gasteiger partial charge in [0, 0.05) is 17.4 Å². The number of carbonyl (C=O) groups excluding carboxylic acids is 1. The monoisotopic (exact) mass is 309 g/mol. The molecule has 1 aromatic heterocycles. The maximum absolute atomic E-state index is 11.9. The molecular formula is C14H16ClN3OS. The molecule has 4 nitrogen and oxygen atoms in total. The largest absolute Gasteiger partial charge is 0.301 e. The molecule has 0 saturated carbocycles. The average Bonchev–Trinajstić information content (AvgIpc) is 2.86. The second kappa shape index (κ2) is 6.81. The van der Waals surface area contributed by atoms with E-state index in [-0.39, 0.29) is 5.91 Å². The van der Waals surface area contributed by atoms with Gasteiger partial charge in [-0.25, -0.2) is 0 Å². The molecule has 0 unspecified atom stereocenters. The summed E-state index contributed by atoms with van der Waals surface area (Å²) in [6.07, 6.45) is 0.988. The van der Waals surface area contributed by atoms with Gasteiger partial charge in [-0.15, -0.1) is 10.2 Å². The molecular weight excluding hydrogens is 294 g/mol. The zero-order chi connectivity index (χ0) is 14.5. The SMILES string of the molecule is CC(C)c1nnc(NC(=O)CCc2ccccc2Cl)s1. The Morgan fingerprint density at radius 1 is 1.35 bits per heavy atom. The normalized spacial score (nSPS) is 10.8. The van der Waals surface area contributed by atoms with E-state index in [1.54, 1.807) is 0 Å². The van der Waals surface area contributed by atoms with Gasteiger partial charge < -0.3 is 5.32 Å². The van der Waals surface area contributed by atoms with E-state index in [9.17, 15) is 4.79 Å². The summed E-state index contributed by atoms with van der Waals surface area (Å²) in [5, 5.41) is 12.9. The molecule has 0 aliphatic carbocycles. The number of hydrogen-bond donors (Lipinski definition) is 1. The second-order valence-electron chi connectivity index (χ2n) is 4.74. The Bertz CT molecular complexity index is 598. The molecule has 0 radical (unpaired) electrons. The van der Waals surface area contributed by atoms with Crippen molar-refractivity contribution >= 4 is 34.0 Å². The van der Waals surface area contributed by atoms with Crippen LogP contribution in [-0.4, -0.2) is 16.1 Å². The van der Waals surface area contributed by atoms with Crippen LogP contribution < -0.4 is 5.32 Å². The Balaban J connectivity index is 1.88. The molecule has 0 fully saturated rings.